The van der Waals surface area contributed by atoms with Crippen LogP contribution < -0.4 is 5.32 Å². The SMILES string of the molecule is Cc1ccsc1C(=O)Nc1cccc(Br)n1. The molecule has 1 amide bonds. The van der Waals surface area contributed by atoms with Crippen LogP contribution in [-0.4, -0.2) is 10.9 Å². The Morgan fingerprint density at radius 2 is 2.25 bits per heavy atom. The zero-order chi connectivity index (χ0) is 11.5. The molecule has 0 fully saturated rings. The van der Waals surface area contributed by atoms with E-state index in [2.05, 4.69) is 26.2 Å². The maximum Gasteiger partial charge on any atom is 0.267 e. The lowest BCUT2D eigenvalue weighted by Gasteiger charge is -2.03. The summed E-state index contributed by atoms with van der Waals surface area (Å²) in [4.78, 5) is 16.7. The molecule has 0 unspecified atom stereocenters. The molecule has 2 heterocycles. The molecule has 0 aromatic carbocycles. The van der Waals surface area contributed by atoms with Crippen molar-refractivity contribution in [2.75, 3.05) is 5.32 Å². The molecule has 2 aromatic heterocycles. The van der Waals surface area contributed by atoms with Gasteiger partial charge in [-0.05, 0) is 52.0 Å². The van der Waals surface area contributed by atoms with Crippen LogP contribution in [0.4, 0.5) is 5.82 Å². The lowest BCUT2D eigenvalue weighted by molar-refractivity contribution is 0.102. The Balaban J connectivity index is 2.17. The second kappa shape index (κ2) is 4.76. The number of nitrogens with one attached hydrogen (secondary N) is 1. The van der Waals surface area contributed by atoms with E-state index in [1.165, 1.54) is 11.3 Å². The van der Waals surface area contributed by atoms with Crippen LogP contribution >= 0.6 is 27.3 Å². The molecular formula is C11H9BrN2OS. The predicted octanol–water partition coefficient (Wildman–Crippen LogP) is 3.47. The van der Waals surface area contributed by atoms with E-state index in [4.69, 9.17) is 0 Å². The Kier molecular flexibility index (Phi) is 3.36. The average Bonchev–Trinajstić information content (AvgIpc) is 2.64. The van der Waals surface area contributed by atoms with Gasteiger partial charge in [-0.3, -0.25) is 4.79 Å². The Bertz CT molecular complexity index is 524. The Morgan fingerprint density at radius 3 is 2.88 bits per heavy atom. The number of thiophene rings is 1. The van der Waals surface area contributed by atoms with Gasteiger partial charge in [-0.15, -0.1) is 11.3 Å². The minimum Gasteiger partial charge on any atom is -0.306 e. The van der Waals surface area contributed by atoms with Crippen molar-refractivity contribution in [2.45, 2.75) is 6.92 Å². The number of carbonyl (C=O) groups excluding carboxylic acids is 1. The Morgan fingerprint density at radius 1 is 1.44 bits per heavy atom. The molecular weight excluding hydrogens is 288 g/mol. The largest absolute Gasteiger partial charge is 0.306 e. The lowest BCUT2D eigenvalue weighted by Crippen LogP contribution is -2.12. The summed E-state index contributed by atoms with van der Waals surface area (Å²) in [5.41, 5.74) is 0.984. The number of halogens is 1. The number of nitrogens with zero attached hydrogens (tertiary/aromatic N) is 1. The van der Waals surface area contributed by atoms with E-state index in [-0.39, 0.29) is 5.91 Å². The van der Waals surface area contributed by atoms with E-state index in [1.54, 1.807) is 6.07 Å². The maximum atomic E-state index is 11.9. The highest BCUT2D eigenvalue weighted by molar-refractivity contribution is 9.10. The summed E-state index contributed by atoms with van der Waals surface area (Å²) in [7, 11) is 0. The van der Waals surface area contributed by atoms with Crippen LogP contribution in [0.25, 0.3) is 0 Å². The van der Waals surface area contributed by atoms with Crippen LogP contribution in [0.3, 0.4) is 0 Å². The Hall–Kier alpha value is -1.20. The summed E-state index contributed by atoms with van der Waals surface area (Å²) in [6, 6.07) is 7.32. The Labute approximate surface area is 106 Å². The molecule has 82 valence electrons. The molecule has 0 spiro atoms. The third-order valence-corrected chi connectivity index (χ3v) is 3.48. The van der Waals surface area contributed by atoms with Gasteiger partial charge < -0.3 is 5.32 Å². The van der Waals surface area contributed by atoms with Crippen molar-refractivity contribution in [3.63, 3.8) is 0 Å². The molecule has 1 N–H and O–H groups in total. The summed E-state index contributed by atoms with van der Waals surface area (Å²) in [6.07, 6.45) is 0. The third-order valence-electron chi connectivity index (χ3n) is 2.03. The van der Waals surface area contributed by atoms with E-state index in [1.807, 2.05) is 30.5 Å². The van der Waals surface area contributed by atoms with Crippen LogP contribution in [0.2, 0.25) is 0 Å². The fraction of sp³-hybridized carbons (Fsp3) is 0.0909. The first-order chi connectivity index (χ1) is 7.66. The van der Waals surface area contributed by atoms with E-state index >= 15 is 0 Å². The summed E-state index contributed by atoms with van der Waals surface area (Å²) in [5, 5.41) is 4.66. The van der Waals surface area contributed by atoms with E-state index in [9.17, 15) is 4.79 Å². The quantitative estimate of drug-likeness (QED) is 0.862. The van der Waals surface area contributed by atoms with Gasteiger partial charge in [0.25, 0.3) is 5.91 Å². The first-order valence-electron chi connectivity index (χ1n) is 4.65. The summed E-state index contributed by atoms with van der Waals surface area (Å²) >= 11 is 4.69. The van der Waals surface area contributed by atoms with Crippen molar-refractivity contribution < 1.29 is 4.79 Å². The number of pyridine rings is 1. The molecule has 0 saturated carbocycles. The highest BCUT2D eigenvalue weighted by atomic mass is 79.9. The van der Waals surface area contributed by atoms with Crippen LogP contribution in [0.5, 0.6) is 0 Å². The van der Waals surface area contributed by atoms with Gasteiger partial charge in [0.2, 0.25) is 0 Å². The molecule has 2 aromatic rings. The van der Waals surface area contributed by atoms with Crippen LogP contribution in [0.1, 0.15) is 15.2 Å². The minimum absolute atomic E-state index is 0.113. The van der Waals surface area contributed by atoms with Gasteiger partial charge in [0.05, 0.1) is 4.88 Å². The van der Waals surface area contributed by atoms with Gasteiger partial charge in [-0.25, -0.2) is 4.98 Å². The van der Waals surface area contributed by atoms with E-state index < -0.39 is 0 Å². The number of hydrogen-bond donors (Lipinski definition) is 1. The maximum absolute atomic E-state index is 11.9. The molecule has 2 rings (SSSR count). The van der Waals surface area contributed by atoms with Crippen molar-refractivity contribution in [1.82, 2.24) is 4.98 Å². The van der Waals surface area contributed by atoms with Crippen LogP contribution in [0, 0.1) is 6.92 Å². The van der Waals surface area contributed by atoms with Gasteiger partial charge in [-0.2, -0.15) is 0 Å². The van der Waals surface area contributed by atoms with Gasteiger partial charge in [0.15, 0.2) is 0 Å². The number of aromatic nitrogens is 1. The first-order valence-corrected chi connectivity index (χ1v) is 6.32. The minimum atomic E-state index is -0.113. The lowest BCUT2D eigenvalue weighted by atomic mass is 10.3. The molecule has 16 heavy (non-hydrogen) atoms. The monoisotopic (exact) mass is 296 g/mol. The van der Waals surface area contributed by atoms with Crippen LogP contribution in [0.15, 0.2) is 34.2 Å². The zero-order valence-electron chi connectivity index (χ0n) is 8.53. The van der Waals surface area contributed by atoms with Crippen molar-refractivity contribution in [2.24, 2.45) is 0 Å². The number of aryl methyl sites for hydroxylation is 1. The van der Waals surface area contributed by atoms with Gasteiger partial charge in [0, 0.05) is 0 Å². The summed E-state index contributed by atoms with van der Waals surface area (Å²) in [6.45, 7) is 1.92. The first kappa shape index (κ1) is 11.3. The number of rotatable bonds is 2. The van der Waals surface area contributed by atoms with Crippen LogP contribution in [-0.2, 0) is 0 Å². The summed E-state index contributed by atoms with van der Waals surface area (Å²) < 4.78 is 0.702. The number of hydrogen-bond acceptors (Lipinski definition) is 3. The van der Waals surface area contributed by atoms with Crippen molar-refractivity contribution in [3.8, 4) is 0 Å². The zero-order valence-corrected chi connectivity index (χ0v) is 10.9. The number of carbonyl (C=O) groups is 1. The highest BCUT2D eigenvalue weighted by Gasteiger charge is 2.10. The smallest absolute Gasteiger partial charge is 0.267 e. The molecule has 0 aliphatic carbocycles. The fourth-order valence-electron chi connectivity index (χ4n) is 1.26. The van der Waals surface area contributed by atoms with Gasteiger partial charge in [0.1, 0.15) is 10.4 Å². The van der Waals surface area contributed by atoms with Gasteiger partial charge >= 0.3 is 0 Å². The molecule has 0 radical (unpaired) electrons. The molecule has 0 aliphatic heterocycles. The molecule has 0 aliphatic rings. The predicted molar refractivity (Wildman–Crippen MR) is 68.9 cm³/mol. The van der Waals surface area contributed by atoms with E-state index in [0.29, 0.717) is 10.4 Å². The average molecular weight is 297 g/mol. The van der Waals surface area contributed by atoms with Crippen molar-refractivity contribution in [1.29, 1.82) is 0 Å². The van der Waals surface area contributed by atoms with Crippen molar-refractivity contribution >= 4 is 39.0 Å². The molecule has 0 saturated heterocycles. The van der Waals surface area contributed by atoms with E-state index in [0.717, 1.165) is 10.4 Å². The third kappa shape index (κ3) is 2.48. The highest BCUT2D eigenvalue weighted by Crippen LogP contribution is 2.17. The van der Waals surface area contributed by atoms with Gasteiger partial charge in [-0.1, -0.05) is 6.07 Å². The second-order valence-electron chi connectivity index (χ2n) is 3.23. The second-order valence-corrected chi connectivity index (χ2v) is 4.96. The standard InChI is InChI=1S/C11H9BrN2OS/c1-7-5-6-16-10(7)11(15)14-9-4-2-3-8(12)13-9/h2-6H,1H3,(H,13,14,15). The van der Waals surface area contributed by atoms with Crippen molar-refractivity contribution in [3.05, 3.63) is 44.7 Å². The normalized spacial score (nSPS) is 10.1. The number of anilines is 1. The molecule has 0 bridgehead atoms. The molecule has 0 atom stereocenters. The topological polar surface area (TPSA) is 42.0 Å². The summed E-state index contributed by atoms with van der Waals surface area (Å²) in [5.74, 6) is 0.435. The molecule has 3 nitrogen and oxygen atoms in total. The fourth-order valence-corrected chi connectivity index (χ4v) is 2.42. The number of amides is 1. The molecule has 5 heteroatoms.